The predicted molar refractivity (Wildman–Crippen MR) is 70.9 cm³/mol. The molecule has 1 atom stereocenters. The lowest BCUT2D eigenvalue weighted by Gasteiger charge is -2.13. The van der Waals surface area contributed by atoms with E-state index in [0.717, 1.165) is 19.0 Å². The van der Waals surface area contributed by atoms with Crippen molar-refractivity contribution in [3.05, 3.63) is 30.0 Å². The second kappa shape index (κ2) is 5.43. The summed E-state index contributed by atoms with van der Waals surface area (Å²) < 4.78 is 14.5. The molecule has 21 heavy (non-hydrogen) atoms. The molecule has 110 valence electrons. The van der Waals surface area contributed by atoms with Gasteiger partial charge >= 0.3 is 6.03 Å². The molecule has 0 spiro atoms. The molecule has 1 fully saturated rings. The third kappa shape index (κ3) is 3.12. The van der Waals surface area contributed by atoms with E-state index < -0.39 is 11.8 Å². The lowest BCUT2D eigenvalue weighted by Crippen LogP contribution is -2.33. The van der Waals surface area contributed by atoms with Crippen LogP contribution in [0.15, 0.2) is 18.3 Å². The van der Waals surface area contributed by atoms with Crippen LogP contribution in [-0.2, 0) is 0 Å². The molecular weight excluding hydrogens is 277 g/mol. The molecule has 1 aliphatic carbocycles. The van der Waals surface area contributed by atoms with Gasteiger partial charge in [0, 0.05) is 0 Å². The van der Waals surface area contributed by atoms with Crippen molar-refractivity contribution in [2.45, 2.75) is 31.8 Å². The summed E-state index contributed by atoms with van der Waals surface area (Å²) in [5, 5.41) is 16.8. The van der Waals surface area contributed by atoms with Crippen LogP contribution < -0.4 is 10.6 Å². The third-order valence-corrected chi connectivity index (χ3v) is 3.11. The van der Waals surface area contributed by atoms with E-state index in [4.69, 9.17) is 0 Å². The zero-order valence-corrected chi connectivity index (χ0v) is 11.3. The van der Waals surface area contributed by atoms with Crippen molar-refractivity contribution in [3.8, 4) is 0 Å². The second-order valence-electron chi connectivity index (χ2n) is 4.89. The molecule has 2 aromatic heterocycles. The van der Waals surface area contributed by atoms with E-state index in [0.29, 0.717) is 11.9 Å². The van der Waals surface area contributed by atoms with Gasteiger partial charge in [-0.2, -0.15) is 0 Å². The molecule has 2 aromatic rings. The summed E-state index contributed by atoms with van der Waals surface area (Å²) >= 11 is 0. The van der Waals surface area contributed by atoms with Gasteiger partial charge in [0.2, 0.25) is 0 Å². The molecule has 0 unspecified atom stereocenters. The molecule has 0 saturated heterocycles. The Labute approximate surface area is 119 Å². The quantitative estimate of drug-likeness (QED) is 0.888. The zero-order valence-electron chi connectivity index (χ0n) is 11.3. The number of amides is 2. The predicted octanol–water partition coefficient (Wildman–Crippen LogP) is 1.42. The van der Waals surface area contributed by atoms with Crippen LogP contribution in [0.3, 0.4) is 0 Å². The van der Waals surface area contributed by atoms with E-state index in [9.17, 15) is 9.18 Å². The number of rotatable bonds is 4. The van der Waals surface area contributed by atoms with Crippen LogP contribution in [-0.4, -0.2) is 31.2 Å². The first-order valence-corrected chi connectivity index (χ1v) is 6.60. The maximum Gasteiger partial charge on any atom is 0.320 e. The molecule has 0 aliphatic heterocycles. The number of urea groups is 1. The highest BCUT2D eigenvalue weighted by Gasteiger charge is 2.29. The van der Waals surface area contributed by atoms with Gasteiger partial charge in [-0.1, -0.05) is 0 Å². The number of nitrogens with one attached hydrogen (secondary N) is 2. The van der Waals surface area contributed by atoms with Crippen LogP contribution in [0, 0.1) is 5.82 Å². The van der Waals surface area contributed by atoms with E-state index >= 15 is 0 Å². The molecule has 8 nitrogen and oxygen atoms in total. The maximum absolute atomic E-state index is 12.7. The number of hydrogen-bond acceptors (Lipinski definition) is 5. The number of carbonyl (C=O) groups excluding carboxylic acids is 1. The molecule has 0 aromatic carbocycles. The molecule has 1 aliphatic rings. The number of aromatic nitrogens is 5. The number of nitrogens with zero attached hydrogens (tertiary/aromatic N) is 5. The molecule has 0 bridgehead atoms. The minimum absolute atomic E-state index is 0.267. The normalized spacial score (nSPS) is 15.5. The summed E-state index contributed by atoms with van der Waals surface area (Å²) in [7, 11) is 0. The molecular formula is C12H14FN7O. The Morgan fingerprint density at radius 2 is 2.29 bits per heavy atom. The average Bonchev–Trinajstić information content (AvgIpc) is 3.18. The van der Waals surface area contributed by atoms with Gasteiger partial charge in [-0.15, -0.1) is 5.10 Å². The highest BCUT2D eigenvalue weighted by atomic mass is 19.1. The smallest absolute Gasteiger partial charge is 0.320 e. The van der Waals surface area contributed by atoms with Gasteiger partial charge in [0.1, 0.15) is 11.6 Å². The molecule has 9 heteroatoms. The van der Waals surface area contributed by atoms with Gasteiger partial charge in [-0.3, -0.25) is 5.32 Å². The van der Waals surface area contributed by atoms with Crippen molar-refractivity contribution < 1.29 is 9.18 Å². The van der Waals surface area contributed by atoms with E-state index in [1.807, 2.05) is 0 Å². The number of hydrogen-bond donors (Lipinski definition) is 2. The molecule has 1 saturated carbocycles. The fraction of sp³-hybridized carbons (Fsp3) is 0.417. The van der Waals surface area contributed by atoms with Crippen molar-refractivity contribution >= 4 is 11.8 Å². The lowest BCUT2D eigenvalue weighted by molar-refractivity contribution is 0.248. The van der Waals surface area contributed by atoms with Crippen molar-refractivity contribution in [1.82, 2.24) is 30.5 Å². The van der Waals surface area contributed by atoms with Crippen molar-refractivity contribution in [2.75, 3.05) is 5.32 Å². The average molecular weight is 291 g/mol. The van der Waals surface area contributed by atoms with Crippen LogP contribution in [0.5, 0.6) is 0 Å². The van der Waals surface area contributed by atoms with Crippen molar-refractivity contribution in [1.29, 1.82) is 0 Å². The number of halogens is 1. The van der Waals surface area contributed by atoms with E-state index in [2.05, 4.69) is 31.1 Å². The van der Waals surface area contributed by atoms with Crippen LogP contribution in [0.4, 0.5) is 15.0 Å². The van der Waals surface area contributed by atoms with Gasteiger partial charge in [-0.25, -0.2) is 18.9 Å². The SMILES string of the molecule is C[C@H](NC(=O)Nc1ccc(F)cn1)c1nnnn1C1CC1. The Morgan fingerprint density at radius 3 is 2.95 bits per heavy atom. The highest BCUT2D eigenvalue weighted by Crippen LogP contribution is 2.35. The van der Waals surface area contributed by atoms with Crippen LogP contribution in [0.25, 0.3) is 0 Å². The van der Waals surface area contributed by atoms with E-state index in [1.165, 1.54) is 12.1 Å². The highest BCUT2D eigenvalue weighted by molar-refractivity contribution is 5.88. The first-order valence-electron chi connectivity index (χ1n) is 6.60. The first-order chi connectivity index (χ1) is 10.1. The van der Waals surface area contributed by atoms with Gasteiger partial charge in [0.15, 0.2) is 5.82 Å². The summed E-state index contributed by atoms with van der Waals surface area (Å²) in [5.74, 6) is 0.417. The Morgan fingerprint density at radius 1 is 1.48 bits per heavy atom. The van der Waals surface area contributed by atoms with Crippen LogP contribution in [0.1, 0.15) is 37.7 Å². The molecule has 3 rings (SSSR count). The Kier molecular flexibility index (Phi) is 3.46. The number of anilines is 1. The fourth-order valence-corrected chi connectivity index (χ4v) is 1.93. The standard InChI is InChI=1S/C12H14FN7O/c1-7(11-17-18-19-20(11)9-3-4-9)15-12(21)16-10-5-2-8(13)6-14-10/h2,5-7,9H,3-4H2,1H3,(H2,14,15,16,21)/t7-/m0/s1. The van der Waals surface area contributed by atoms with Crippen LogP contribution >= 0.6 is 0 Å². The Bertz CT molecular complexity index is 637. The summed E-state index contributed by atoms with van der Waals surface area (Å²) in [6.45, 7) is 1.79. The second-order valence-corrected chi connectivity index (χ2v) is 4.89. The van der Waals surface area contributed by atoms with E-state index in [1.54, 1.807) is 11.6 Å². The summed E-state index contributed by atoms with van der Waals surface area (Å²) in [5.41, 5.74) is 0. The van der Waals surface area contributed by atoms with Crippen molar-refractivity contribution in [2.24, 2.45) is 0 Å². The zero-order chi connectivity index (χ0) is 14.8. The van der Waals surface area contributed by atoms with E-state index in [-0.39, 0.29) is 11.9 Å². The summed E-state index contributed by atoms with van der Waals surface area (Å²) in [6, 6.07) is 2.14. The summed E-state index contributed by atoms with van der Waals surface area (Å²) in [4.78, 5) is 15.6. The minimum atomic E-state index is -0.460. The lowest BCUT2D eigenvalue weighted by atomic mass is 10.3. The molecule has 2 N–H and O–H groups in total. The van der Waals surface area contributed by atoms with Gasteiger partial charge < -0.3 is 5.32 Å². The Balaban J connectivity index is 1.61. The fourth-order valence-electron chi connectivity index (χ4n) is 1.93. The third-order valence-electron chi connectivity index (χ3n) is 3.11. The summed E-state index contributed by atoms with van der Waals surface area (Å²) in [6.07, 6.45) is 3.14. The molecule has 2 amide bonds. The molecule has 0 radical (unpaired) electrons. The first kappa shape index (κ1) is 13.4. The van der Waals surface area contributed by atoms with Crippen molar-refractivity contribution in [3.63, 3.8) is 0 Å². The number of tetrazole rings is 1. The van der Waals surface area contributed by atoms with Gasteiger partial charge in [0.25, 0.3) is 0 Å². The molecule has 2 heterocycles. The topological polar surface area (TPSA) is 97.6 Å². The van der Waals surface area contributed by atoms with Gasteiger partial charge in [-0.05, 0) is 42.3 Å². The number of carbonyl (C=O) groups is 1. The monoisotopic (exact) mass is 291 g/mol. The number of pyridine rings is 1. The maximum atomic E-state index is 12.7. The largest absolute Gasteiger partial charge is 0.328 e. The van der Waals surface area contributed by atoms with Crippen LogP contribution in [0.2, 0.25) is 0 Å². The minimum Gasteiger partial charge on any atom is -0.328 e. The Hall–Kier alpha value is -2.58. The van der Waals surface area contributed by atoms with Gasteiger partial charge in [0.05, 0.1) is 18.3 Å².